The molecule has 0 aromatic heterocycles. The fraction of sp³-hybridized carbons (Fsp3) is 0.350. The maximum absolute atomic E-state index is 14.0. The molecule has 28 heavy (non-hydrogen) atoms. The van der Waals surface area contributed by atoms with Crippen LogP contribution in [-0.4, -0.2) is 39.2 Å². The number of nitrogens with zero attached hydrogens (tertiary/aromatic N) is 2. The van der Waals surface area contributed by atoms with E-state index in [1.54, 1.807) is 24.1 Å². The molecular formula is C20H23F3N4O. The van der Waals surface area contributed by atoms with Crippen LogP contribution in [0.25, 0.3) is 0 Å². The SMILES string of the molecule is CN=C(NCc1ccc(OC)c(F)c1)NC1CCN(c2c(F)cccc2F)C1. The summed E-state index contributed by atoms with van der Waals surface area (Å²) >= 11 is 0. The first kappa shape index (κ1) is 19.9. The zero-order valence-corrected chi connectivity index (χ0v) is 15.8. The molecule has 1 fully saturated rings. The number of halogens is 3. The average Bonchev–Trinajstić information content (AvgIpc) is 3.13. The van der Waals surface area contributed by atoms with Gasteiger partial charge >= 0.3 is 0 Å². The van der Waals surface area contributed by atoms with Crippen molar-refractivity contribution in [3.05, 3.63) is 59.4 Å². The Morgan fingerprint density at radius 2 is 1.93 bits per heavy atom. The molecule has 0 spiro atoms. The van der Waals surface area contributed by atoms with E-state index in [0.29, 0.717) is 32.0 Å². The van der Waals surface area contributed by atoms with Crippen molar-refractivity contribution >= 4 is 11.6 Å². The largest absolute Gasteiger partial charge is 0.494 e. The summed E-state index contributed by atoms with van der Waals surface area (Å²) in [6.07, 6.45) is 0.714. The number of anilines is 1. The number of nitrogens with one attached hydrogen (secondary N) is 2. The number of benzene rings is 2. The van der Waals surface area contributed by atoms with E-state index in [2.05, 4.69) is 15.6 Å². The molecule has 1 saturated heterocycles. The minimum absolute atomic E-state index is 0.00320. The summed E-state index contributed by atoms with van der Waals surface area (Å²) in [6, 6.07) is 8.59. The van der Waals surface area contributed by atoms with Gasteiger partial charge in [0, 0.05) is 32.7 Å². The molecule has 2 aromatic rings. The van der Waals surface area contributed by atoms with E-state index >= 15 is 0 Å². The topological polar surface area (TPSA) is 48.9 Å². The second-order valence-corrected chi connectivity index (χ2v) is 6.54. The van der Waals surface area contributed by atoms with Crippen LogP contribution in [0.1, 0.15) is 12.0 Å². The van der Waals surface area contributed by atoms with Crippen LogP contribution in [0.5, 0.6) is 5.75 Å². The Balaban J connectivity index is 1.56. The number of hydrogen-bond donors (Lipinski definition) is 2. The molecule has 8 heteroatoms. The molecule has 0 radical (unpaired) electrons. The third-order valence-electron chi connectivity index (χ3n) is 4.68. The summed E-state index contributed by atoms with van der Waals surface area (Å²) in [4.78, 5) is 5.85. The maximum Gasteiger partial charge on any atom is 0.191 e. The Kier molecular flexibility index (Phi) is 6.28. The third-order valence-corrected chi connectivity index (χ3v) is 4.68. The van der Waals surface area contributed by atoms with Gasteiger partial charge in [-0.25, -0.2) is 13.2 Å². The van der Waals surface area contributed by atoms with Crippen molar-refractivity contribution in [3.8, 4) is 5.75 Å². The average molecular weight is 392 g/mol. The summed E-state index contributed by atoms with van der Waals surface area (Å²) in [5.74, 6) is -0.827. The van der Waals surface area contributed by atoms with Gasteiger partial charge in [0.1, 0.15) is 17.3 Å². The molecule has 1 aliphatic heterocycles. The maximum atomic E-state index is 14.0. The Hall–Kier alpha value is -2.90. The number of rotatable bonds is 5. The van der Waals surface area contributed by atoms with Crippen molar-refractivity contribution in [2.45, 2.75) is 19.0 Å². The predicted molar refractivity (Wildman–Crippen MR) is 103 cm³/mol. The first-order valence-corrected chi connectivity index (χ1v) is 9.00. The van der Waals surface area contributed by atoms with Crippen LogP contribution in [0.2, 0.25) is 0 Å². The highest BCUT2D eigenvalue weighted by Gasteiger charge is 2.27. The lowest BCUT2D eigenvalue weighted by Gasteiger charge is -2.21. The first-order valence-electron chi connectivity index (χ1n) is 9.00. The minimum Gasteiger partial charge on any atom is -0.494 e. The molecule has 0 amide bonds. The van der Waals surface area contributed by atoms with Gasteiger partial charge in [-0.05, 0) is 36.2 Å². The highest BCUT2D eigenvalue weighted by atomic mass is 19.1. The van der Waals surface area contributed by atoms with Crippen molar-refractivity contribution in [1.82, 2.24) is 10.6 Å². The van der Waals surface area contributed by atoms with E-state index < -0.39 is 17.5 Å². The van der Waals surface area contributed by atoms with Crippen molar-refractivity contribution in [3.63, 3.8) is 0 Å². The quantitative estimate of drug-likeness (QED) is 0.607. The van der Waals surface area contributed by atoms with Crippen LogP contribution < -0.4 is 20.3 Å². The minimum atomic E-state index is -0.565. The molecule has 2 N–H and O–H groups in total. The van der Waals surface area contributed by atoms with E-state index in [-0.39, 0.29) is 17.5 Å². The number of hydrogen-bond acceptors (Lipinski definition) is 3. The molecule has 150 valence electrons. The molecule has 0 aliphatic carbocycles. The van der Waals surface area contributed by atoms with E-state index in [0.717, 1.165) is 5.56 Å². The normalized spacial score (nSPS) is 17.0. The van der Waals surface area contributed by atoms with Gasteiger partial charge in [-0.1, -0.05) is 12.1 Å². The summed E-state index contributed by atoms with van der Waals surface area (Å²) in [5.41, 5.74) is 0.742. The van der Waals surface area contributed by atoms with Gasteiger partial charge in [0.2, 0.25) is 0 Å². The smallest absolute Gasteiger partial charge is 0.191 e. The van der Waals surface area contributed by atoms with Crippen LogP contribution in [0.4, 0.5) is 18.9 Å². The van der Waals surface area contributed by atoms with Crippen LogP contribution >= 0.6 is 0 Å². The van der Waals surface area contributed by atoms with E-state index in [4.69, 9.17) is 4.74 Å². The Morgan fingerprint density at radius 1 is 1.18 bits per heavy atom. The van der Waals surface area contributed by atoms with E-state index in [1.165, 1.54) is 31.4 Å². The number of ether oxygens (including phenoxy) is 1. The number of methoxy groups -OCH3 is 1. The lowest BCUT2D eigenvalue weighted by molar-refractivity contribution is 0.386. The zero-order chi connectivity index (χ0) is 20.1. The molecule has 0 saturated carbocycles. The predicted octanol–water partition coefficient (Wildman–Crippen LogP) is 3.06. The summed E-state index contributed by atoms with van der Waals surface area (Å²) in [6.45, 7) is 1.37. The summed E-state index contributed by atoms with van der Waals surface area (Å²) in [7, 11) is 3.05. The highest BCUT2D eigenvalue weighted by molar-refractivity contribution is 5.80. The monoisotopic (exact) mass is 392 g/mol. The molecule has 1 atom stereocenters. The van der Waals surface area contributed by atoms with Gasteiger partial charge in [-0.3, -0.25) is 4.99 Å². The number of para-hydroxylation sites is 1. The van der Waals surface area contributed by atoms with Gasteiger partial charge in [0.15, 0.2) is 17.5 Å². The van der Waals surface area contributed by atoms with Crippen molar-refractivity contribution in [2.75, 3.05) is 32.1 Å². The van der Waals surface area contributed by atoms with Crippen molar-refractivity contribution < 1.29 is 17.9 Å². The molecule has 1 unspecified atom stereocenters. The Labute approximate surface area is 162 Å². The molecule has 1 aliphatic rings. The van der Waals surface area contributed by atoms with Crippen molar-refractivity contribution in [2.24, 2.45) is 4.99 Å². The van der Waals surface area contributed by atoms with Crippen LogP contribution in [-0.2, 0) is 6.54 Å². The Morgan fingerprint density at radius 3 is 2.57 bits per heavy atom. The standard InChI is InChI=1S/C20H23F3N4O/c1-24-20(25-11-13-6-7-18(28-2)17(23)10-13)26-14-8-9-27(12-14)19-15(21)4-3-5-16(19)22/h3-7,10,14H,8-9,11-12H2,1-2H3,(H2,24,25,26). The molecule has 0 bridgehead atoms. The fourth-order valence-corrected chi connectivity index (χ4v) is 3.27. The second-order valence-electron chi connectivity index (χ2n) is 6.54. The van der Waals surface area contributed by atoms with Gasteiger partial charge in [-0.2, -0.15) is 0 Å². The van der Waals surface area contributed by atoms with Gasteiger partial charge in [0.05, 0.1) is 7.11 Å². The number of aliphatic imine (C=N–C) groups is 1. The van der Waals surface area contributed by atoms with Crippen LogP contribution in [0.15, 0.2) is 41.4 Å². The molecule has 3 rings (SSSR count). The van der Waals surface area contributed by atoms with E-state index in [9.17, 15) is 13.2 Å². The van der Waals surface area contributed by atoms with Gasteiger partial charge < -0.3 is 20.3 Å². The summed E-state index contributed by atoms with van der Waals surface area (Å²) < 4.78 is 46.6. The first-order chi connectivity index (χ1) is 13.5. The number of guanidine groups is 1. The lowest BCUT2D eigenvalue weighted by Crippen LogP contribution is -2.44. The van der Waals surface area contributed by atoms with Gasteiger partial charge in [-0.15, -0.1) is 0 Å². The highest BCUT2D eigenvalue weighted by Crippen LogP contribution is 2.26. The molecular weight excluding hydrogens is 369 g/mol. The van der Waals surface area contributed by atoms with E-state index in [1.807, 2.05) is 0 Å². The molecule has 2 aromatic carbocycles. The lowest BCUT2D eigenvalue weighted by atomic mass is 10.2. The molecule has 1 heterocycles. The second kappa shape index (κ2) is 8.86. The summed E-state index contributed by atoms with van der Waals surface area (Å²) in [5, 5.41) is 6.36. The van der Waals surface area contributed by atoms with Crippen LogP contribution in [0, 0.1) is 17.5 Å². The fourth-order valence-electron chi connectivity index (χ4n) is 3.27. The zero-order valence-electron chi connectivity index (χ0n) is 15.8. The van der Waals surface area contributed by atoms with Gasteiger partial charge in [0.25, 0.3) is 0 Å². The van der Waals surface area contributed by atoms with Crippen LogP contribution in [0.3, 0.4) is 0 Å². The third kappa shape index (κ3) is 4.49. The Bertz CT molecular complexity index is 839. The van der Waals surface area contributed by atoms with Crippen molar-refractivity contribution in [1.29, 1.82) is 0 Å². The molecule has 5 nitrogen and oxygen atoms in total.